The van der Waals surface area contributed by atoms with E-state index in [1.165, 1.54) is 31.2 Å². The molecule has 3 N–H and O–H groups in total. The highest BCUT2D eigenvalue weighted by Crippen LogP contribution is 2.11. The van der Waals surface area contributed by atoms with E-state index in [1.54, 1.807) is 0 Å². The number of hydrogen-bond acceptors (Lipinski definition) is 7. The molecule has 0 saturated carbocycles. The van der Waals surface area contributed by atoms with Gasteiger partial charge in [0.1, 0.15) is 5.82 Å². The van der Waals surface area contributed by atoms with Crippen LogP contribution in [0.2, 0.25) is 0 Å². The van der Waals surface area contributed by atoms with Crippen LogP contribution in [0.3, 0.4) is 0 Å². The van der Waals surface area contributed by atoms with Crippen molar-refractivity contribution in [2.75, 3.05) is 30.3 Å². The second kappa shape index (κ2) is 8.72. The van der Waals surface area contributed by atoms with Crippen LogP contribution in [-0.4, -0.2) is 43.8 Å². The number of Topliss-reactive ketones (excluding diaryl/α,β-unsaturated/α-hetero) is 1. The van der Waals surface area contributed by atoms with Gasteiger partial charge in [-0.05, 0) is 32.9 Å². The number of sulfonamides is 1. The van der Waals surface area contributed by atoms with Gasteiger partial charge in [0.2, 0.25) is 16.0 Å². The van der Waals surface area contributed by atoms with E-state index in [9.17, 15) is 13.2 Å². The molecule has 1 aromatic heterocycles. The summed E-state index contributed by atoms with van der Waals surface area (Å²) in [6, 6.07) is 7.66. The molecule has 2 rings (SSSR count). The van der Waals surface area contributed by atoms with Gasteiger partial charge in [0.05, 0.1) is 4.90 Å². The van der Waals surface area contributed by atoms with Crippen LogP contribution in [0.5, 0.6) is 0 Å². The first kappa shape index (κ1) is 19.8. The fourth-order valence-electron chi connectivity index (χ4n) is 2.23. The maximum Gasteiger partial charge on any atom is 0.240 e. The van der Waals surface area contributed by atoms with Gasteiger partial charge in [-0.2, -0.15) is 4.98 Å². The summed E-state index contributed by atoms with van der Waals surface area (Å²) in [7, 11) is -3.64. The molecule has 8 nitrogen and oxygen atoms in total. The zero-order valence-electron chi connectivity index (χ0n) is 15.0. The lowest BCUT2D eigenvalue weighted by Gasteiger charge is -2.10. The van der Waals surface area contributed by atoms with E-state index in [0.29, 0.717) is 23.9 Å². The Morgan fingerprint density at radius 1 is 1.08 bits per heavy atom. The molecule has 0 atom stereocenters. The fraction of sp³-hybridized carbons (Fsp3) is 0.353. The highest BCUT2D eigenvalue weighted by Gasteiger charge is 2.13. The lowest BCUT2D eigenvalue weighted by Crippen LogP contribution is -2.29. The van der Waals surface area contributed by atoms with Gasteiger partial charge in [-0.1, -0.05) is 12.1 Å². The second-order valence-electron chi connectivity index (χ2n) is 5.65. The van der Waals surface area contributed by atoms with Crippen LogP contribution < -0.4 is 15.4 Å². The van der Waals surface area contributed by atoms with E-state index in [2.05, 4.69) is 25.3 Å². The third-order valence-corrected chi connectivity index (χ3v) is 4.96. The van der Waals surface area contributed by atoms with Crippen LogP contribution in [-0.2, 0) is 10.0 Å². The van der Waals surface area contributed by atoms with E-state index < -0.39 is 10.0 Å². The molecule has 0 aliphatic heterocycles. The van der Waals surface area contributed by atoms with Gasteiger partial charge < -0.3 is 10.6 Å². The summed E-state index contributed by atoms with van der Waals surface area (Å²) in [5, 5.41) is 6.11. The minimum absolute atomic E-state index is 0.110. The van der Waals surface area contributed by atoms with E-state index in [1.807, 2.05) is 19.9 Å². The average molecular weight is 377 g/mol. The quantitative estimate of drug-likeness (QED) is 0.451. The van der Waals surface area contributed by atoms with Crippen molar-refractivity contribution in [1.29, 1.82) is 0 Å². The molecule has 0 amide bonds. The lowest BCUT2D eigenvalue weighted by molar-refractivity contribution is 0.101. The molecule has 0 saturated heterocycles. The predicted molar refractivity (Wildman–Crippen MR) is 101 cm³/mol. The summed E-state index contributed by atoms with van der Waals surface area (Å²) in [6.07, 6.45) is 0. The number of ketones is 1. The van der Waals surface area contributed by atoms with E-state index in [0.717, 1.165) is 12.2 Å². The van der Waals surface area contributed by atoms with Crippen LogP contribution in [0.4, 0.5) is 11.8 Å². The monoisotopic (exact) mass is 377 g/mol. The molecule has 0 fully saturated rings. The summed E-state index contributed by atoms with van der Waals surface area (Å²) >= 11 is 0. The first-order valence-corrected chi connectivity index (χ1v) is 9.74. The van der Waals surface area contributed by atoms with Crippen molar-refractivity contribution in [3.8, 4) is 0 Å². The van der Waals surface area contributed by atoms with E-state index in [-0.39, 0.29) is 17.2 Å². The molecule has 2 aromatic rings. The Morgan fingerprint density at radius 3 is 2.38 bits per heavy atom. The van der Waals surface area contributed by atoms with Crippen molar-refractivity contribution in [1.82, 2.24) is 14.7 Å². The van der Waals surface area contributed by atoms with Gasteiger partial charge in [-0.3, -0.25) is 4.79 Å². The Morgan fingerprint density at radius 2 is 1.77 bits per heavy atom. The number of aromatic nitrogens is 2. The summed E-state index contributed by atoms with van der Waals surface area (Å²) in [4.78, 5) is 19.9. The summed E-state index contributed by atoms with van der Waals surface area (Å²) < 4.78 is 27.0. The molecule has 0 aliphatic rings. The van der Waals surface area contributed by atoms with Crippen molar-refractivity contribution in [2.24, 2.45) is 0 Å². The smallest absolute Gasteiger partial charge is 0.240 e. The van der Waals surface area contributed by atoms with Crippen molar-refractivity contribution >= 4 is 27.6 Å². The third-order valence-electron chi connectivity index (χ3n) is 3.48. The zero-order valence-corrected chi connectivity index (χ0v) is 15.9. The molecule has 1 heterocycles. The topological polar surface area (TPSA) is 113 Å². The first-order valence-electron chi connectivity index (χ1n) is 8.26. The number of benzene rings is 1. The van der Waals surface area contributed by atoms with Crippen LogP contribution in [0, 0.1) is 6.92 Å². The molecule has 0 radical (unpaired) electrons. The molecule has 0 spiro atoms. The van der Waals surface area contributed by atoms with E-state index >= 15 is 0 Å². The fourth-order valence-corrected chi connectivity index (χ4v) is 3.26. The van der Waals surface area contributed by atoms with Gasteiger partial charge in [-0.25, -0.2) is 18.1 Å². The molecule has 0 bridgehead atoms. The normalized spacial score (nSPS) is 11.2. The molecule has 26 heavy (non-hydrogen) atoms. The number of carbonyl (C=O) groups excluding carboxylic acids is 1. The second-order valence-corrected chi connectivity index (χ2v) is 7.42. The minimum atomic E-state index is -3.64. The van der Waals surface area contributed by atoms with Crippen molar-refractivity contribution < 1.29 is 13.2 Å². The van der Waals surface area contributed by atoms with Crippen molar-refractivity contribution in [3.05, 3.63) is 41.6 Å². The van der Waals surface area contributed by atoms with Crippen molar-refractivity contribution in [3.63, 3.8) is 0 Å². The van der Waals surface area contributed by atoms with Crippen molar-refractivity contribution in [2.45, 2.75) is 25.7 Å². The standard InChI is InChI=1S/C17H23N5O3S/c1-4-18-16-11-12(2)21-17(22-16)19-9-10-20-26(24,25)15-7-5-14(6-8-15)13(3)23/h5-8,11,20H,4,9-10H2,1-3H3,(H2,18,19,21,22). The number of aryl methyl sites for hydroxylation is 1. The predicted octanol–water partition coefficient (Wildman–Crippen LogP) is 1.81. The SMILES string of the molecule is CCNc1cc(C)nc(NCCNS(=O)(=O)c2ccc(C(C)=O)cc2)n1. The molecule has 9 heteroatoms. The first-order chi connectivity index (χ1) is 12.3. The van der Waals surface area contributed by atoms with Gasteiger partial charge in [0, 0.05) is 37.0 Å². The molecule has 0 unspecified atom stereocenters. The Balaban J connectivity index is 1.91. The number of hydrogen-bond donors (Lipinski definition) is 3. The largest absolute Gasteiger partial charge is 0.370 e. The van der Waals surface area contributed by atoms with Crippen LogP contribution in [0.15, 0.2) is 35.2 Å². The highest BCUT2D eigenvalue weighted by molar-refractivity contribution is 7.89. The Bertz CT molecular complexity index is 866. The third kappa shape index (κ3) is 5.50. The number of nitrogens with one attached hydrogen (secondary N) is 3. The molecule has 0 aliphatic carbocycles. The number of carbonyl (C=O) groups is 1. The highest BCUT2D eigenvalue weighted by atomic mass is 32.2. The minimum Gasteiger partial charge on any atom is -0.370 e. The summed E-state index contributed by atoms with van der Waals surface area (Å²) in [5.74, 6) is 1.04. The van der Waals surface area contributed by atoms with Crippen LogP contribution in [0.1, 0.15) is 29.9 Å². The summed E-state index contributed by atoms with van der Waals surface area (Å²) in [5.41, 5.74) is 1.28. The lowest BCUT2D eigenvalue weighted by atomic mass is 10.2. The number of anilines is 2. The Kier molecular flexibility index (Phi) is 6.64. The number of nitrogens with zero attached hydrogens (tertiary/aromatic N) is 2. The number of rotatable bonds is 9. The average Bonchev–Trinajstić information content (AvgIpc) is 2.59. The van der Waals surface area contributed by atoms with Gasteiger partial charge in [-0.15, -0.1) is 0 Å². The van der Waals surface area contributed by atoms with E-state index in [4.69, 9.17) is 0 Å². The van der Waals surface area contributed by atoms with Gasteiger partial charge >= 0.3 is 0 Å². The van der Waals surface area contributed by atoms with Crippen LogP contribution in [0.25, 0.3) is 0 Å². The summed E-state index contributed by atoms with van der Waals surface area (Å²) in [6.45, 7) is 6.52. The maximum atomic E-state index is 12.3. The van der Waals surface area contributed by atoms with Gasteiger partial charge in [0.25, 0.3) is 0 Å². The Labute approximate surface area is 153 Å². The zero-order chi connectivity index (χ0) is 19.2. The molecule has 140 valence electrons. The molecular weight excluding hydrogens is 354 g/mol. The molecule has 1 aromatic carbocycles. The van der Waals surface area contributed by atoms with Crippen LogP contribution >= 0.6 is 0 Å². The van der Waals surface area contributed by atoms with Gasteiger partial charge in [0.15, 0.2) is 5.78 Å². The Hall–Kier alpha value is -2.52. The maximum absolute atomic E-state index is 12.3. The molecular formula is C17H23N5O3S.